The smallest absolute Gasteiger partial charge is 0.249 e. The summed E-state index contributed by atoms with van der Waals surface area (Å²) >= 11 is 8.04. The Morgan fingerprint density at radius 1 is 1.03 bits per heavy atom. The molecule has 0 radical (unpaired) electrons. The number of rotatable bonds is 8. The van der Waals surface area contributed by atoms with Gasteiger partial charge in [0.1, 0.15) is 18.1 Å². The SMILES string of the molecule is CCOc1c(F)c(-c2ccccc2)nn1CCOc1ccc(-c2cccs2)cc1Cl. The Hall–Kier alpha value is -2.83. The van der Waals surface area contributed by atoms with Gasteiger partial charge in [0, 0.05) is 10.4 Å². The van der Waals surface area contributed by atoms with E-state index in [1.165, 1.54) is 4.68 Å². The van der Waals surface area contributed by atoms with E-state index in [2.05, 4.69) is 5.10 Å². The summed E-state index contributed by atoms with van der Waals surface area (Å²) in [6, 6.07) is 19.0. The van der Waals surface area contributed by atoms with Gasteiger partial charge in [-0.1, -0.05) is 48.0 Å². The monoisotopic (exact) mass is 442 g/mol. The van der Waals surface area contributed by atoms with Crippen LogP contribution in [0.3, 0.4) is 0 Å². The Morgan fingerprint density at radius 2 is 1.87 bits per heavy atom. The standard InChI is InChI=1S/C23H20ClFN2O2S/c1-2-28-23-21(25)22(16-7-4-3-5-8-16)26-27(23)12-13-29-19-11-10-17(15-18(19)24)20-9-6-14-30-20/h3-11,14-15H,2,12-13H2,1H3. The van der Waals surface area contributed by atoms with Crippen molar-refractivity contribution >= 4 is 22.9 Å². The van der Waals surface area contributed by atoms with Crippen LogP contribution in [0.15, 0.2) is 66.0 Å². The Bertz CT molecular complexity index is 1110. The number of benzene rings is 2. The molecule has 4 aromatic rings. The maximum atomic E-state index is 14.9. The van der Waals surface area contributed by atoms with Crippen molar-refractivity contribution in [2.45, 2.75) is 13.5 Å². The van der Waals surface area contributed by atoms with Gasteiger partial charge >= 0.3 is 0 Å². The third-order valence-corrected chi connectivity index (χ3v) is 5.69. The van der Waals surface area contributed by atoms with E-state index < -0.39 is 5.82 Å². The van der Waals surface area contributed by atoms with E-state index in [1.54, 1.807) is 11.3 Å². The molecule has 0 saturated heterocycles. The lowest BCUT2D eigenvalue weighted by molar-refractivity contribution is 0.253. The molecule has 30 heavy (non-hydrogen) atoms. The van der Waals surface area contributed by atoms with Crippen molar-refractivity contribution in [1.82, 2.24) is 9.78 Å². The first-order chi connectivity index (χ1) is 14.7. The van der Waals surface area contributed by atoms with Crippen molar-refractivity contribution < 1.29 is 13.9 Å². The van der Waals surface area contributed by atoms with Crippen molar-refractivity contribution in [3.8, 4) is 33.3 Å². The molecule has 0 amide bonds. The van der Waals surface area contributed by atoms with Crippen molar-refractivity contribution in [2.24, 2.45) is 0 Å². The van der Waals surface area contributed by atoms with Crippen molar-refractivity contribution in [2.75, 3.05) is 13.2 Å². The van der Waals surface area contributed by atoms with Gasteiger partial charge in [0.15, 0.2) is 0 Å². The normalized spacial score (nSPS) is 10.9. The molecular weight excluding hydrogens is 423 g/mol. The molecule has 7 heteroatoms. The minimum atomic E-state index is -0.471. The van der Waals surface area contributed by atoms with E-state index in [4.69, 9.17) is 21.1 Å². The van der Waals surface area contributed by atoms with Crippen molar-refractivity contribution in [1.29, 1.82) is 0 Å². The van der Waals surface area contributed by atoms with Crippen LogP contribution in [0.2, 0.25) is 5.02 Å². The second kappa shape index (κ2) is 9.32. The summed E-state index contributed by atoms with van der Waals surface area (Å²) < 4.78 is 27.7. The topological polar surface area (TPSA) is 36.3 Å². The maximum absolute atomic E-state index is 14.9. The van der Waals surface area contributed by atoms with Crippen LogP contribution in [-0.2, 0) is 6.54 Å². The van der Waals surface area contributed by atoms with Gasteiger partial charge in [0.25, 0.3) is 0 Å². The van der Waals surface area contributed by atoms with Crippen LogP contribution in [0.1, 0.15) is 6.92 Å². The summed E-state index contributed by atoms with van der Waals surface area (Å²) in [5, 5.41) is 6.96. The summed E-state index contributed by atoms with van der Waals surface area (Å²) in [4.78, 5) is 1.14. The molecule has 4 nitrogen and oxygen atoms in total. The van der Waals surface area contributed by atoms with E-state index in [9.17, 15) is 4.39 Å². The van der Waals surface area contributed by atoms with Crippen LogP contribution in [0.25, 0.3) is 21.7 Å². The number of halogens is 2. The summed E-state index contributed by atoms with van der Waals surface area (Å²) in [7, 11) is 0. The minimum absolute atomic E-state index is 0.110. The van der Waals surface area contributed by atoms with Crippen LogP contribution in [0.5, 0.6) is 11.6 Å². The van der Waals surface area contributed by atoms with E-state index >= 15 is 0 Å². The van der Waals surface area contributed by atoms with Crippen LogP contribution >= 0.6 is 22.9 Å². The second-order valence-electron chi connectivity index (χ2n) is 6.46. The Labute approximate surface area is 183 Å². The van der Waals surface area contributed by atoms with Crippen LogP contribution in [-0.4, -0.2) is 23.0 Å². The number of hydrogen-bond acceptors (Lipinski definition) is 4. The van der Waals surface area contributed by atoms with E-state index in [0.29, 0.717) is 29.5 Å². The molecule has 0 saturated carbocycles. The van der Waals surface area contributed by atoms with Gasteiger partial charge in [-0.3, -0.25) is 0 Å². The lowest BCUT2D eigenvalue weighted by atomic mass is 10.1. The summed E-state index contributed by atoms with van der Waals surface area (Å²) in [6.45, 7) is 2.74. The van der Waals surface area contributed by atoms with Gasteiger partial charge in [-0.15, -0.1) is 11.3 Å². The molecular formula is C23H20ClFN2O2S. The highest BCUT2D eigenvalue weighted by atomic mass is 35.5. The van der Waals surface area contributed by atoms with Gasteiger partial charge in [-0.05, 0) is 42.1 Å². The highest BCUT2D eigenvalue weighted by Gasteiger charge is 2.20. The molecule has 0 bridgehead atoms. The molecule has 0 aliphatic carbocycles. The number of hydrogen-bond donors (Lipinski definition) is 0. The summed E-state index contributed by atoms with van der Waals surface area (Å²) in [6.07, 6.45) is 0. The molecule has 154 valence electrons. The largest absolute Gasteiger partial charge is 0.490 e. The fraction of sp³-hybridized carbons (Fsp3) is 0.174. The van der Waals surface area contributed by atoms with Crippen molar-refractivity contribution in [3.63, 3.8) is 0 Å². The van der Waals surface area contributed by atoms with Gasteiger partial charge in [0.05, 0.1) is 18.2 Å². The number of aromatic nitrogens is 2. The molecule has 0 aliphatic rings. The molecule has 0 N–H and O–H groups in total. The van der Waals surface area contributed by atoms with Gasteiger partial charge < -0.3 is 9.47 Å². The molecule has 4 rings (SSSR count). The third kappa shape index (κ3) is 4.35. The molecule has 0 atom stereocenters. The zero-order chi connectivity index (χ0) is 20.9. The number of thiophene rings is 1. The number of ether oxygens (including phenoxy) is 2. The zero-order valence-electron chi connectivity index (χ0n) is 16.3. The number of nitrogens with zero attached hydrogens (tertiary/aromatic N) is 2. The first-order valence-corrected chi connectivity index (χ1v) is 10.8. The predicted molar refractivity (Wildman–Crippen MR) is 119 cm³/mol. The van der Waals surface area contributed by atoms with E-state index in [0.717, 1.165) is 10.4 Å². The molecule has 0 spiro atoms. The lowest BCUT2D eigenvalue weighted by Gasteiger charge is -2.11. The molecule has 0 aliphatic heterocycles. The molecule has 2 aromatic carbocycles. The molecule has 0 fully saturated rings. The Balaban J connectivity index is 1.48. The fourth-order valence-corrected chi connectivity index (χ4v) is 4.05. The fourth-order valence-electron chi connectivity index (χ4n) is 3.09. The maximum Gasteiger partial charge on any atom is 0.249 e. The molecule has 0 unspecified atom stereocenters. The summed E-state index contributed by atoms with van der Waals surface area (Å²) in [5.74, 6) is 0.214. The first-order valence-electron chi connectivity index (χ1n) is 9.58. The molecule has 2 aromatic heterocycles. The lowest BCUT2D eigenvalue weighted by Crippen LogP contribution is -2.12. The average Bonchev–Trinajstić information content (AvgIpc) is 3.40. The van der Waals surface area contributed by atoms with E-state index in [1.807, 2.05) is 73.0 Å². The zero-order valence-corrected chi connectivity index (χ0v) is 17.9. The quantitative estimate of drug-likeness (QED) is 0.310. The van der Waals surface area contributed by atoms with Crippen molar-refractivity contribution in [3.05, 3.63) is 76.9 Å². The van der Waals surface area contributed by atoms with Crippen LogP contribution in [0.4, 0.5) is 4.39 Å². The molecule has 2 heterocycles. The first kappa shape index (κ1) is 20.4. The Kier molecular flexibility index (Phi) is 6.35. The highest BCUT2D eigenvalue weighted by molar-refractivity contribution is 7.13. The average molecular weight is 443 g/mol. The van der Waals surface area contributed by atoms with Gasteiger partial charge in [-0.25, -0.2) is 4.68 Å². The van der Waals surface area contributed by atoms with E-state index in [-0.39, 0.29) is 18.2 Å². The van der Waals surface area contributed by atoms with Gasteiger partial charge in [0.2, 0.25) is 11.7 Å². The highest BCUT2D eigenvalue weighted by Crippen LogP contribution is 2.33. The third-order valence-electron chi connectivity index (χ3n) is 4.48. The van der Waals surface area contributed by atoms with Gasteiger partial charge in [-0.2, -0.15) is 9.49 Å². The minimum Gasteiger partial charge on any atom is -0.490 e. The Morgan fingerprint density at radius 3 is 2.57 bits per heavy atom. The van der Waals surface area contributed by atoms with Crippen LogP contribution in [0, 0.1) is 5.82 Å². The predicted octanol–water partition coefficient (Wildman–Crippen LogP) is 6.55. The second-order valence-corrected chi connectivity index (χ2v) is 7.82. The summed E-state index contributed by atoms with van der Waals surface area (Å²) in [5.41, 5.74) is 2.00. The van der Waals surface area contributed by atoms with Crippen LogP contribution < -0.4 is 9.47 Å².